The van der Waals surface area contributed by atoms with Crippen molar-refractivity contribution >= 4 is 40.9 Å². The predicted octanol–water partition coefficient (Wildman–Crippen LogP) is 2.55. The number of amides is 2. The number of likely N-dealkylation sites (tertiary alicyclic amines) is 1. The Hall–Kier alpha value is -1.20. The van der Waals surface area contributed by atoms with Gasteiger partial charge in [-0.1, -0.05) is 11.6 Å². The molecule has 0 spiro atoms. The number of carbonyl (C=O) groups is 2. The lowest BCUT2D eigenvalue weighted by molar-refractivity contribution is -0.140. The van der Waals surface area contributed by atoms with Gasteiger partial charge in [-0.2, -0.15) is 0 Å². The van der Waals surface area contributed by atoms with Gasteiger partial charge in [0.05, 0.1) is 10.3 Å². The largest absolute Gasteiger partial charge is 0.399 e. The Balaban J connectivity index is 2.16. The van der Waals surface area contributed by atoms with Crippen LogP contribution in [0.25, 0.3) is 0 Å². The molecule has 1 aromatic carbocycles. The number of nitrogens with zero attached hydrogens (tertiary/aromatic N) is 1. The molecule has 1 heterocycles. The summed E-state index contributed by atoms with van der Waals surface area (Å²) < 4.78 is 0. The zero-order chi connectivity index (χ0) is 14.2. The summed E-state index contributed by atoms with van der Waals surface area (Å²) in [5.74, 6) is -0.262. The van der Waals surface area contributed by atoms with E-state index in [-0.39, 0.29) is 24.3 Å². The zero-order valence-electron chi connectivity index (χ0n) is 10.7. The first kappa shape index (κ1) is 14.2. The second kappa shape index (κ2) is 5.43. The summed E-state index contributed by atoms with van der Waals surface area (Å²) >= 11 is 7.40. The number of anilines is 1. The number of nitrogens with two attached hydrogens (primary N) is 1. The molecule has 1 aliphatic heterocycles. The zero-order valence-corrected chi connectivity index (χ0v) is 12.3. The second-order valence-electron chi connectivity index (χ2n) is 4.70. The quantitative estimate of drug-likeness (QED) is 0.688. The molecule has 1 unspecified atom stereocenters. The third-order valence-corrected chi connectivity index (χ3v) is 4.57. The molecular formula is C13H15ClN2O2S. The van der Waals surface area contributed by atoms with Gasteiger partial charge in [-0.3, -0.25) is 14.5 Å². The lowest BCUT2D eigenvalue weighted by Gasteiger charge is -2.18. The Bertz CT molecular complexity index is 533. The summed E-state index contributed by atoms with van der Waals surface area (Å²) in [6, 6.07) is 5.05. The lowest BCUT2D eigenvalue weighted by Crippen LogP contribution is -2.37. The first-order chi connectivity index (χ1) is 8.90. The van der Waals surface area contributed by atoms with Crippen molar-refractivity contribution in [2.45, 2.75) is 36.5 Å². The van der Waals surface area contributed by atoms with E-state index in [1.54, 1.807) is 18.2 Å². The first-order valence-corrected chi connectivity index (χ1v) is 7.23. The molecule has 102 valence electrons. The normalized spacial score (nSPS) is 19.6. The number of nitrogen functional groups attached to an aromatic ring is 1. The number of carbonyl (C=O) groups excluding carboxylic acids is 2. The van der Waals surface area contributed by atoms with Crippen LogP contribution in [-0.4, -0.2) is 28.0 Å². The molecule has 1 aromatic rings. The number of imide groups is 1. The molecule has 6 heteroatoms. The van der Waals surface area contributed by atoms with Gasteiger partial charge in [0, 0.05) is 23.0 Å². The van der Waals surface area contributed by atoms with E-state index in [0.717, 1.165) is 4.90 Å². The fourth-order valence-corrected chi connectivity index (χ4v) is 3.41. The maximum atomic E-state index is 12.2. The van der Waals surface area contributed by atoms with Crippen LogP contribution in [0.2, 0.25) is 5.02 Å². The average Bonchev–Trinajstić information content (AvgIpc) is 2.58. The third-order valence-electron chi connectivity index (χ3n) is 2.88. The molecule has 0 bridgehead atoms. The maximum Gasteiger partial charge on any atom is 0.243 e. The number of hydrogen-bond donors (Lipinski definition) is 1. The molecule has 19 heavy (non-hydrogen) atoms. The molecule has 1 aliphatic rings. The van der Waals surface area contributed by atoms with Crippen molar-refractivity contribution in [3.8, 4) is 0 Å². The highest BCUT2D eigenvalue weighted by molar-refractivity contribution is 8.00. The van der Waals surface area contributed by atoms with E-state index < -0.39 is 5.25 Å². The fraction of sp³-hybridized carbons (Fsp3) is 0.385. The Labute approximate surface area is 121 Å². The van der Waals surface area contributed by atoms with Crippen LogP contribution in [0, 0.1) is 0 Å². The van der Waals surface area contributed by atoms with Gasteiger partial charge in [-0.05, 0) is 32.0 Å². The van der Waals surface area contributed by atoms with Crippen molar-refractivity contribution in [1.29, 1.82) is 0 Å². The third kappa shape index (κ3) is 2.87. The number of thioether (sulfide) groups is 1. The van der Waals surface area contributed by atoms with E-state index >= 15 is 0 Å². The summed E-state index contributed by atoms with van der Waals surface area (Å²) in [5.41, 5.74) is 6.20. The van der Waals surface area contributed by atoms with Gasteiger partial charge in [0.1, 0.15) is 0 Å². The number of rotatable bonds is 3. The van der Waals surface area contributed by atoms with E-state index in [4.69, 9.17) is 17.3 Å². The van der Waals surface area contributed by atoms with E-state index in [0.29, 0.717) is 10.7 Å². The summed E-state index contributed by atoms with van der Waals surface area (Å²) in [5, 5.41) is 0.115. The van der Waals surface area contributed by atoms with Crippen molar-refractivity contribution < 1.29 is 9.59 Å². The Morgan fingerprint density at radius 1 is 1.42 bits per heavy atom. The molecule has 2 N–H and O–H groups in total. The molecule has 1 atom stereocenters. The first-order valence-electron chi connectivity index (χ1n) is 5.97. The Kier molecular flexibility index (Phi) is 4.06. The van der Waals surface area contributed by atoms with Crippen molar-refractivity contribution in [1.82, 2.24) is 4.90 Å². The van der Waals surface area contributed by atoms with Crippen LogP contribution in [0.15, 0.2) is 23.1 Å². The van der Waals surface area contributed by atoms with Gasteiger partial charge in [-0.25, -0.2) is 0 Å². The van der Waals surface area contributed by atoms with Crippen LogP contribution in [0.5, 0.6) is 0 Å². The van der Waals surface area contributed by atoms with E-state index in [1.165, 1.54) is 16.7 Å². The highest BCUT2D eigenvalue weighted by Crippen LogP contribution is 2.36. The number of benzene rings is 1. The van der Waals surface area contributed by atoms with Crippen LogP contribution in [-0.2, 0) is 9.59 Å². The number of hydrogen-bond acceptors (Lipinski definition) is 4. The molecule has 0 radical (unpaired) electrons. The van der Waals surface area contributed by atoms with Gasteiger partial charge in [0.2, 0.25) is 11.8 Å². The number of halogens is 1. The predicted molar refractivity (Wildman–Crippen MR) is 77.1 cm³/mol. The molecule has 0 aliphatic carbocycles. The van der Waals surface area contributed by atoms with E-state index in [1.807, 2.05) is 13.8 Å². The minimum absolute atomic E-state index is 0.104. The molecular weight excluding hydrogens is 284 g/mol. The van der Waals surface area contributed by atoms with Crippen LogP contribution >= 0.6 is 23.4 Å². The second-order valence-corrected chi connectivity index (χ2v) is 6.35. The van der Waals surface area contributed by atoms with Crippen molar-refractivity contribution in [3.63, 3.8) is 0 Å². The van der Waals surface area contributed by atoms with Crippen molar-refractivity contribution in [2.24, 2.45) is 0 Å². The Morgan fingerprint density at radius 2 is 2.11 bits per heavy atom. The summed E-state index contributed by atoms with van der Waals surface area (Å²) in [4.78, 5) is 26.1. The topological polar surface area (TPSA) is 63.4 Å². The molecule has 2 rings (SSSR count). The van der Waals surface area contributed by atoms with Crippen molar-refractivity contribution in [3.05, 3.63) is 23.2 Å². The van der Waals surface area contributed by atoms with Gasteiger partial charge < -0.3 is 5.73 Å². The summed E-state index contributed by atoms with van der Waals surface area (Å²) in [7, 11) is 0. The average molecular weight is 299 g/mol. The smallest absolute Gasteiger partial charge is 0.243 e. The van der Waals surface area contributed by atoms with Gasteiger partial charge >= 0.3 is 0 Å². The maximum absolute atomic E-state index is 12.2. The molecule has 4 nitrogen and oxygen atoms in total. The van der Waals surface area contributed by atoms with Gasteiger partial charge in [-0.15, -0.1) is 11.8 Å². The molecule has 0 aromatic heterocycles. The van der Waals surface area contributed by atoms with E-state index in [9.17, 15) is 9.59 Å². The van der Waals surface area contributed by atoms with Gasteiger partial charge in [0.25, 0.3) is 0 Å². The minimum Gasteiger partial charge on any atom is -0.399 e. The monoisotopic (exact) mass is 298 g/mol. The van der Waals surface area contributed by atoms with Crippen LogP contribution < -0.4 is 5.73 Å². The molecule has 1 fully saturated rings. The summed E-state index contributed by atoms with van der Waals surface area (Å²) in [6.45, 7) is 3.66. The van der Waals surface area contributed by atoms with Crippen LogP contribution in [0.4, 0.5) is 5.69 Å². The highest BCUT2D eigenvalue weighted by Gasteiger charge is 2.40. The Morgan fingerprint density at radius 3 is 2.63 bits per heavy atom. The molecule has 2 amide bonds. The van der Waals surface area contributed by atoms with Gasteiger partial charge in [0.15, 0.2) is 0 Å². The highest BCUT2D eigenvalue weighted by atomic mass is 35.5. The summed E-state index contributed by atoms with van der Waals surface area (Å²) in [6.07, 6.45) is 0.225. The van der Waals surface area contributed by atoms with Crippen LogP contribution in [0.1, 0.15) is 20.3 Å². The fourth-order valence-electron chi connectivity index (χ4n) is 2.02. The van der Waals surface area contributed by atoms with Crippen molar-refractivity contribution in [2.75, 3.05) is 5.73 Å². The lowest BCUT2D eigenvalue weighted by atomic mass is 10.3. The standard InChI is InChI=1S/C13H15ClN2O2S/c1-7(2)16-12(17)6-11(13(16)18)19-10-4-3-8(15)5-9(10)14/h3-5,7,11H,6,15H2,1-2H3. The molecule has 0 saturated carbocycles. The van der Waals surface area contributed by atoms with Crippen LogP contribution in [0.3, 0.4) is 0 Å². The minimum atomic E-state index is -0.393. The molecule has 1 saturated heterocycles. The SMILES string of the molecule is CC(C)N1C(=O)CC(Sc2ccc(N)cc2Cl)C1=O. The van der Waals surface area contributed by atoms with E-state index in [2.05, 4.69) is 0 Å².